The summed E-state index contributed by atoms with van der Waals surface area (Å²) in [5, 5.41) is 15.2. The molecule has 9 heteroatoms. The average molecular weight is 406 g/mol. The Morgan fingerprint density at radius 3 is 2.72 bits per heavy atom. The molecule has 0 aliphatic rings. The molecule has 0 saturated carbocycles. The Balaban J connectivity index is 1.67. The molecule has 0 aliphatic carbocycles. The van der Waals surface area contributed by atoms with E-state index in [9.17, 15) is 14.9 Å². The highest BCUT2D eigenvalue weighted by Gasteiger charge is 2.12. The highest BCUT2D eigenvalue weighted by atomic mass is 32.1. The van der Waals surface area contributed by atoms with Crippen LogP contribution in [-0.4, -0.2) is 26.1 Å². The van der Waals surface area contributed by atoms with Crippen molar-refractivity contribution in [2.24, 2.45) is 0 Å². The maximum absolute atomic E-state index is 12.6. The standard InChI is InChI=1S/C20H14N4O4S/c1-2-10-28-16-8-6-14(7-9-16)18-21-20-23(22-18)19(25)17(29-20)12-13-4-3-5-15(11-13)24(26)27/h2-9,11-12H,1,10H2/b17-12-. The van der Waals surface area contributed by atoms with Crippen LogP contribution in [0.5, 0.6) is 5.75 Å². The molecule has 4 aromatic rings. The first-order valence-electron chi connectivity index (χ1n) is 8.55. The van der Waals surface area contributed by atoms with Crippen molar-refractivity contribution in [3.63, 3.8) is 0 Å². The fourth-order valence-corrected chi connectivity index (χ4v) is 3.60. The van der Waals surface area contributed by atoms with E-state index >= 15 is 0 Å². The summed E-state index contributed by atoms with van der Waals surface area (Å²) in [7, 11) is 0. The van der Waals surface area contributed by atoms with Gasteiger partial charge in [0.15, 0.2) is 5.82 Å². The van der Waals surface area contributed by atoms with Crippen molar-refractivity contribution in [3.05, 3.63) is 91.7 Å². The summed E-state index contributed by atoms with van der Waals surface area (Å²) < 4.78 is 7.09. The van der Waals surface area contributed by atoms with E-state index in [-0.39, 0.29) is 11.2 Å². The van der Waals surface area contributed by atoms with Gasteiger partial charge < -0.3 is 4.74 Å². The van der Waals surface area contributed by atoms with Crippen LogP contribution in [0, 0.1) is 10.1 Å². The quantitative estimate of drug-likeness (QED) is 0.277. The maximum atomic E-state index is 12.6. The zero-order chi connectivity index (χ0) is 20.4. The van der Waals surface area contributed by atoms with E-state index in [1.807, 2.05) is 12.1 Å². The lowest BCUT2D eigenvalue weighted by Crippen LogP contribution is -2.23. The summed E-state index contributed by atoms with van der Waals surface area (Å²) in [6, 6.07) is 13.3. The van der Waals surface area contributed by atoms with Gasteiger partial charge in [-0.1, -0.05) is 36.1 Å². The van der Waals surface area contributed by atoms with Gasteiger partial charge in [-0.15, -0.1) is 5.10 Å². The molecule has 2 aromatic carbocycles. The van der Waals surface area contributed by atoms with E-state index in [0.717, 1.165) is 5.56 Å². The third-order valence-electron chi connectivity index (χ3n) is 4.04. The minimum absolute atomic E-state index is 0.0338. The second-order valence-electron chi connectivity index (χ2n) is 6.02. The Morgan fingerprint density at radius 2 is 2.03 bits per heavy atom. The molecule has 2 heterocycles. The van der Waals surface area contributed by atoms with Crippen LogP contribution in [0.4, 0.5) is 5.69 Å². The SMILES string of the molecule is C=CCOc1ccc(-c2nc3s/c(=C\c4cccc([N+](=O)[O-])c4)c(=O)n3n2)cc1. The van der Waals surface area contributed by atoms with Crippen LogP contribution in [0.3, 0.4) is 0 Å². The summed E-state index contributed by atoms with van der Waals surface area (Å²) in [4.78, 5) is 28.0. The van der Waals surface area contributed by atoms with Gasteiger partial charge in [0.05, 0.1) is 9.46 Å². The van der Waals surface area contributed by atoms with Crippen molar-refractivity contribution < 1.29 is 9.66 Å². The van der Waals surface area contributed by atoms with Crippen LogP contribution in [-0.2, 0) is 0 Å². The van der Waals surface area contributed by atoms with Gasteiger partial charge in [0.25, 0.3) is 11.2 Å². The number of benzene rings is 2. The monoisotopic (exact) mass is 406 g/mol. The van der Waals surface area contributed by atoms with E-state index in [4.69, 9.17) is 4.74 Å². The van der Waals surface area contributed by atoms with Crippen LogP contribution < -0.4 is 14.8 Å². The minimum Gasteiger partial charge on any atom is -0.490 e. The molecule has 0 fully saturated rings. The molecule has 0 atom stereocenters. The number of aromatic nitrogens is 3. The zero-order valence-corrected chi connectivity index (χ0v) is 15.8. The van der Waals surface area contributed by atoms with Crippen LogP contribution in [0.2, 0.25) is 0 Å². The fraction of sp³-hybridized carbons (Fsp3) is 0.0500. The summed E-state index contributed by atoms with van der Waals surface area (Å²) in [6.07, 6.45) is 3.26. The summed E-state index contributed by atoms with van der Waals surface area (Å²) in [5.41, 5.74) is 0.973. The van der Waals surface area contributed by atoms with E-state index in [1.165, 1.54) is 28.0 Å². The molecule has 0 unspecified atom stereocenters. The number of nitrogens with zero attached hydrogens (tertiary/aromatic N) is 4. The highest BCUT2D eigenvalue weighted by molar-refractivity contribution is 7.15. The van der Waals surface area contributed by atoms with Crippen LogP contribution in [0.25, 0.3) is 22.4 Å². The topological polar surface area (TPSA) is 99.6 Å². The molecule has 4 rings (SSSR count). The predicted octanol–water partition coefficient (Wildman–Crippen LogP) is 2.84. The number of hydrogen-bond acceptors (Lipinski definition) is 7. The van der Waals surface area contributed by atoms with Gasteiger partial charge in [-0.25, -0.2) is 0 Å². The smallest absolute Gasteiger partial charge is 0.291 e. The van der Waals surface area contributed by atoms with Crippen molar-refractivity contribution in [2.75, 3.05) is 6.61 Å². The molecule has 0 saturated heterocycles. The van der Waals surface area contributed by atoms with Gasteiger partial charge in [0.2, 0.25) is 4.96 Å². The maximum Gasteiger partial charge on any atom is 0.291 e. The zero-order valence-electron chi connectivity index (χ0n) is 15.0. The van der Waals surface area contributed by atoms with Crippen LogP contribution in [0.1, 0.15) is 5.56 Å². The van der Waals surface area contributed by atoms with E-state index in [0.29, 0.717) is 33.2 Å². The summed E-state index contributed by atoms with van der Waals surface area (Å²) >= 11 is 1.18. The largest absolute Gasteiger partial charge is 0.490 e. The number of nitro benzene ring substituents is 1. The van der Waals surface area contributed by atoms with Gasteiger partial charge in [-0.2, -0.15) is 9.50 Å². The van der Waals surface area contributed by atoms with Crippen molar-refractivity contribution >= 4 is 28.1 Å². The number of ether oxygens (including phenoxy) is 1. The molecule has 29 heavy (non-hydrogen) atoms. The first-order chi connectivity index (χ1) is 14.0. The molecule has 0 radical (unpaired) electrons. The fourth-order valence-electron chi connectivity index (χ4n) is 2.69. The number of hydrogen-bond donors (Lipinski definition) is 0. The molecule has 2 aromatic heterocycles. The Labute approximate surface area is 168 Å². The Hall–Kier alpha value is -3.85. The Kier molecular flexibility index (Phi) is 4.88. The third-order valence-corrected chi connectivity index (χ3v) is 5.00. The van der Waals surface area contributed by atoms with Gasteiger partial charge in [-0.05, 0) is 35.9 Å². The van der Waals surface area contributed by atoms with E-state index in [2.05, 4.69) is 16.7 Å². The second kappa shape index (κ2) is 7.64. The van der Waals surface area contributed by atoms with E-state index < -0.39 is 4.92 Å². The lowest BCUT2D eigenvalue weighted by molar-refractivity contribution is -0.384. The molecule has 0 spiro atoms. The minimum atomic E-state index is -0.474. The number of rotatable bonds is 6. The second-order valence-corrected chi connectivity index (χ2v) is 7.03. The molecule has 8 nitrogen and oxygen atoms in total. The molecular weight excluding hydrogens is 392 g/mol. The number of thiazole rings is 1. The Bertz CT molecular complexity index is 1330. The van der Waals surface area contributed by atoms with Gasteiger partial charge in [0, 0.05) is 17.7 Å². The first-order valence-corrected chi connectivity index (χ1v) is 9.37. The summed E-state index contributed by atoms with van der Waals surface area (Å²) in [5.74, 6) is 1.14. The first kappa shape index (κ1) is 18.5. The lowest BCUT2D eigenvalue weighted by atomic mass is 10.2. The van der Waals surface area contributed by atoms with Crippen molar-refractivity contribution in [2.45, 2.75) is 0 Å². The molecule has 144 valence electrons. The average Bonchev–Trinajstić information content (AvgIpc) is 3.27. The Morgan fingerprint density at radius 1 is 1.24 bits per heavy atom. The van der Waals surface area contributed by atoms with Gasteiger partial charge in [-0.3, -0.25) is 14.9 Å². The molecule has 0 bridgehead atoms. The normalized spacial score (nSPS) is 11.7. The predicted molar refractivity (Wildman–Crippen MR) is 110 cm³/mol. The third kappa shape index (κ3) is 3.76. The van der Waals surface area contributed by atoms with Crippen molar-refractivity contribution in [3.8, 4) is 17.1 Å². The van der Waals surface area contributed by atoms with Crippen LogP contribution >= 0.6 is 11.3 Å². The molecule has 0 N–H and O–H groups in total. The molecule has 0 aliphatic heterocycles. The van der Waals surface area contributed by atoms with Crippen molar-refractivity contribution in [1.82, 2.24) is 14.6 Å². The number of non-ortho nitro benzene ring substituents is 1. The molecular formula is C20H14N4O4S. The summed E-state index contributed by atoms with van der Waals surface area (Å²) in [6.45, 7) is 4.02. The van der Waals surface area contributed by atoms with Gasteiger partial charge >= 0.3 is 0 Å². The number of fused-ring (bicyclic) bond motifs is 1. The van der Waals surface area contributed by atoms with Crippen molar-refractivity contribution in [1.29, 1.82) is 0 Å². The number of nitro groups is 1. The van der Waals surface area contributed by atoms with Crippen LogP contribution in [0.15, 0.2) is 66.0 Å². The lowest BCUT2D eigenvalue weighted by Gasteiger charge is -2.02. The van der Waals surface area contributed by atoms with Gasteiger partial charge in [0.1, 0.15) is 12.4 Å². The molecule has 0 amide bonds. The highest BCUT2D eigenvalue weighted by Crippen LogP contribution is 2.20. The van der Waals surface area contributed by atoms with E-state index in [1.54, 1.807) is 36.4 Å².